The van der Waals surface area contributed by atoms with Crippen molar-refractivity contribution in [3.8, 4) is 5.75 Å². The van der Waals surface area contributed by atoms with Crippen LogP contribution in [-0.2, 0) is 13.0 Å². The van der Waals surface area contributed by atoms with Gasteiger partial charge in [0.25, 0.3) is 5.91 Å². The topological polar surface area (TPSA) is 87.9 Å². The molecule has 7 heteroatoms. The van der Waals surface area contributed by atoms with Gasteiger partial charge in [-0.15, -0.1) is 0 Å². The van der Waals surface area contributed by atoms with Crippen molar-refractivity contribution in [2.75, 3.05) is 18.4 Å². The Bertz CT molecular complexity index is 1020. The molecule has 0 fully saturated rings. The number of carbonyl (C=O) groups is 1. The zero-order valence-corrected chi connectivity index (χ0v) is 17.4. The smallest absolute Gasteiger partial charge is 0.291 e. The van der Waals surface area contributed by atoms with E-state index in [1.165, 1.54) is 11.8 Å². The molecule has 1 aromatic heterocycles. The fourth-order valence-corrected chi connectivity index (χ4v) is 3.44. The number of para-hydroxylation sites is 1. The minimum atomic E-state index is -0.279. The number of carbonyl (C=O) groups excluding carboxylic acids is 1. The molecule has 1 atom stereocenters. The Morgan fingerprint density at radius 1 is 1.10 bits per heavy atom. The molecule has 0 aliphatic carbocycles. The van der Waals surface area contributed by atoms with Crippen LogP contribution in [0, 0.1) is 0 Å². The van der Waals surface area contributed by atoms with Crippen LogP contribution in [0.4, 0.5) is 5.69 Å². The summed E-state index contributed by atoms with van der Waals surface area (Å²) in [6, 6.07) is 19.1. The standard InChI is InChI=1S/C24H26N4O3/c1-2-25-24(27-16-20-14-18-8-3-4-10-21(18)31-20)26-15-17-7-5-9-19(13-17)28-23(29)22-11-6-12-30-22/h3-13,20H,2,14-16H2,1H3,(H,28,29)(H2,25,26,27). The number of hydrogen-bond donors (Lipinski definition) is 3. The Kier molecular flexibility index (Phi) is 6.52. The third-order valence-corrected chi connectivity index (χ3v) is 4.90. The number of guanidine groups is 1. The fourth-order valence-electron chi connectivity index (χ4n) is 3.44. The molecule has 1 unspecified atom stereocenters. The quantitative estimate of drug-likeness (QED) is 0.403. The van der Waals surface area contributed by atoms with Gasteiger partial charge in [0.05, 0.1) is 19.4 Å². The molecule has 1 aliphatic rings. The summed E-state index contributed by atoms with van der Waals surface area (Å²) in [4.78, 5) is 16.8. The highest BCUT2D eigenvalue weighted by Gasteiger charge is 2.22. The van der Waals surface area contributed by atoms with Gasteiger partial charge in [0, 0.05) is 18.7 Å². The van der Waals surface area contributed by atoms with Crippen LogP contribution in [0.2, 0.25) is 0 Å². The molecule has 3 N–H and O–H groups in total. The first kappa shape index (κ1) is 20.5. The van der Waals surface area contributed by atoms with Crippen molar-refractivity contribution in [2.45, 2.75) is 26.0 Å². The van der Waals surface area contributed by atoms with Gasteiger partial charge >= 0.3 is 0 Å². The number of nitrogens with one attached hydrogen (secondary N) is 3. The van der Waals surface area contributed by atoms with E-state index in [2.05, 4.69) is 27.0 Å². The van der Waals surface area contributed by atoms with E-state index in [0.29, 0.717) is 18.8 Å². The molecular formula is C24H26N4O3. The van der Waals surface area contributed by atoms with Crippen molar-refractivity contribution in [1.82, 2.24) is 10.6 Å². The molecular weight excluding hydrogens is 392 g/mol. The van der Waals surface area contributed by atoms with Gasteiger partial charge in [0.2, 0.25) is 0 Å². The number of hydrogen-bond acceptors (Lipinski definition) is 4. The van der Waals surface area contributed by atoms with E-state index in [1.807, 2.05) is 49.4 Å². The summed E-state index contributed by atoms with van der Waals surface area (Å²) in [5, 5.41) is 9.47. The SMILES string of the molecule is CCNC(=NCc1cccc(NC(=O)c2ccco2)c1)NCC1Cc2ccccc2O1. The summed E-state index contributed by atoms with van der Waals surface area (Å²) in [7, 11) is 0. The maximum atomic E-state index is 12.2. The largest absolute Gasteiger partial charge is 0.488 e. The second-order valence-electron chi connectivity index (χ2n) is 7.26. The lowest BCUT2D eigenvalue weighted by molar-refractivity contribution is 0.0996. The van der Waals surface area contributed by atoms with Crippen LogP contribution in [0.5, 0.6) is 5.75 Å². The number of rotatable bonds is 7. The summed E-state index contributed by atoms with van der Waals surface area (Å²) >= 11 is 0. The highest BCUT2D eigenvalue weighted by atomic mass is 16.5. The number of amides is 1. The van der Waals surface area contributed by atoms with Crippen LogP contribution in [-0.4, -0.2) is 31.1 Å². The third-order valence-electron chi connectivity index (χ3n) is 4.90. The van der Waals surface area contributed by atoms with Crippen molar-refractivity contribution in [2.24, 2.45) is 4.99 Å². The monoisotopic (exact) mass is 418 g/mol. The summed E-state index contributed by atoms with van der Waals surface area (Å²) in [5.74, 6) is 1.69. The molecule has 7 nitrogen and oxygen atoms in total. The molecule has 2 aromatic carbocycles. The van der Waals surface area contributed by atoms with Crippen LogP contribution in [0.25, 0.3) is 0 Å². The van der Waals surface area contributed by atoms with Crippen molar-refractivity contribution >= 4 is 17.6 Å². The van der Waals surface area contributed by atoms with E-state index in [1.54, 1.807) is 12.1 Å². The van der Waals surface area contributed by atoms with Crippen molar-refractivity contribution in [3.05, 3.63) is 83.8 Å². The fraction of sp³-hybridized carbons (Fsp3) is 0.250. The van der Waals surface area contributed by atoms with Crippen LogP contribution in [0.1, 0.15) is 28.6 Å². The molecule has 160 valence electrons. The molecule has 0 radical (unpaired) electrons. The number of anilines is 1. The lowest BCUT2D eigenvalue weighted by atomic mass is 10.1. The zero-order chi connectivity index (χ0) is 21.5. The molecule has 1 amide bonds. The van der Waals surface area contributed by atoms with Gasteiger partial charge < -0.3 is 25.1 Å². The Morgan fingerprint density at radius 2 is 2.00 bits per heavy atom. The minimum absolute atomic E-state index is 0.0846. The van der Waals surface area contributed by atoms with Gasteiger partial charge in [0.1, 0.15) is 11.9 Å². The lowest BCUT2D eigenvalue weighted by Crippen LogP contribution is -2.42. The van der Waals surface area contributed by atoms with Gasteiger partial charge in [0.15, 0.2) is 11.7 Å². The van der Waals surface area contributed by atoms with Crippen molar-refractivity contribution in [1.29, 1.82) is 0 Å². The Balaban J connectivity index is 1.33. The van der Waals surface area contributed by atoms with E-state index in [0.717, 1.165) is 30.2 Å². The number of aliphatic imine (C=N–C) groups is 1. The Labute approximate surface area is 181 Å². The average Bonchev–Trinajstić information content (AvgIpc) is 3.46. The second kappa shape index (κ2) is 9.84. The van der Waals surface area contributed by atoms with Gasteiger partial charge in [-0.25, -0.2) is 4.99 Å². The Morgan fingerprint density at radius 3 is 2.81 bits per heavy atom. The first-order valence-electron chi connectivity index (χ1n) is 10.4. The first-order valence-corrected chi connectivity index (χ1v) is 10.4. The van der Waals surface area contributed by atoms with Gasteiger partial charge in [-0.2, -0.15) is 0 Å². The first-order chi connectivity index (χ1) is 15.2. The van der Waals surface area contributed by atoms with E-state index >= 15 is 0 Å². The second-order valence-corrected chi connectivity index (χ2v) is 7.26. The van der Waals surface area contributed by atoms with Crippen molar-refractivity contribution < 1.29 is 13.9 Å². The lowest BCUT2D eigenvalue weighted by Gasteiger charge is -2.15. The summed E-state index contributed by atoms with van der Waals surface area (Å²) in [5.41, 5.74) is 2.92. The van der Waals surface area contributed by atoms with Crippen LogP contribution in [0.3, 0.4) is 0 Å². The van der Waals surface area contributed by atoms with Crippen molar-refractivity contribution in [3.63, 3.8) is 0 Å². The number of ether oxygens (including phenoxy) is 1. The molecule has 1 aliphatic heterocycles. The average molecular weight is 418 g/mol. The highest BCUT2D eigenvalue weighted by Crippen LogP contribution is 2.27. The normalized spacial score (nSPS) is 15.1. The van der Waals surface area contributed by atoms with Crippen LogP contribution < -0.4 is 20.7 Å². The molecule has 3 aromatic rings. The van der Waals surface area contributed by atoms with Gasteiger partial charge in [-0.3, -0.25) is 4.79 Å². The maximum absolute atomic E-state index is 12.2. The molecule has 0 spiro atoms. The van der Waals surface area contributed by atoms with Gasteiger partial charge in [-0.05, 0) is 48.4 Å². The summed E-state index contributed by atoms with van der Waals surface area (Å²) in [6.07, 6.45) is 2.45. The molecule has 4 rings (SSSR count). The predicted octanol–water partition coefficient (Wildman–Crippen LogP) is 3.59. The highest BCUT2D eigenvalue weighted by molar-refractivity contribution is 6.02. The molecule has 2 heterocycles. The molecule has 0 saturated heterocycles. The van der Waals surface area contributed by atoms with E-state index in [9.17, 15) is 4.79 Å². The number of benzene rings is 2. The summed E-state index contributed by atoms with van der Waals surface area (Å²) in [6.45, 7) is 3.94. The predicted molar refractivity (Wildman–Crippen MR) is 120 cm³/mol. The van der Waals surface area contributed by atoms with Gasteiger partial charge in [-0.1, -0.05) is 30.3 Å². The van der Waals surface area contributed by atoms with E-state index < -0.39 is 0 Å². The van der Waals surface area contributed by atoms with Crippen LogP contribution >= 0.6 is 0 Å². The van der Waals surface area contributed by atoms with E-state index in [-0.39, 0.29) is 17.8 Å². The summed E-state index contributed by atoms with van der Waals surface area (Å²) < 4.78 is 11.1. The molecule has 31 heavy (non-hydrogen) atoms. The zero-order valence-electron chi connectivity index (χ0n) is 17.4. The number of furan rings is 1. The number of nitrogens with zero attached hydrogens (tertiary/aromatic N) is 1. The Hall–Kier alpha value is -3.74. The maximum Gasteiger partial charge on any atom is 0.291 e. The van der Waals surface area contributed by atoms with Crippen LogP contribution in [0.15, 0.2) is 76.3 Å². The number of fused-ring (bicyclic) bond motifs is 1. The molecule has 0 saturated carbocycles. The molecule has 0 bridgehead atoms. The van der Waals surface area contributed by atoms with E-state index in [4.69, 9.17) is 9.15 Å². The minimum Gasteiger partial charge on any atom is -0.488 e. The third kappa shape index (κ3) is 5.45.